The van der Waals surface area contributed by atoms with Crippen LogP contribution in [0.5, 0.6) is 0 Å². The van der Waals surface area contributed by atoms with Crippen LogP contribution in [0, 0.1) is 5.92 Å². The molecule has 2 fully saturated rings. The minimum absolute atomic E-state index is 0.00477. The van der Waals surface area contributed by atoms with Gasteiger partial charge >= 0.3 is 5.97 Å². The van der Waals surface area contributed by atoms with E-state index in [0.29, 0.717) is 32.7 Å². The summed E-state index contributed by atoms with van der Waals surface area (Å²) in [6.07, 6.45) is 8.10. The summed E-state index contributed by atoms with van der Waals surface area (Å²) in [6, 6.07) is 0. The lowest BCUT2D eigenvalue weighted by molar-refractivity contribution is -0.142. The highest BCUT2D eigenvalue weighted by Crippen LogP contribution is 2.29. The maximum absolute atomic E-state index is 12.3. The monoisotopic (exact) mass is 326 g/mol. The molecule has 1 unspecified atom stereocenters. The van der Waals surface area contributed by atoms with E-state index in [1.165, 1.54) is 32.1 Å². The van der Waals surface area contributed by atoms with Gasteiger partial charge in [-0.25, -0.2) is 0 Å². The van der Waals surface area contributed by atoms with Crippen molar-refractivity contribution in [2.24, 2.45) is 5.92 Å². The Labute approximate surface area is 138 Å². The summed E-state index contributed by atoms with van der Waals surface area (Å²) >= 11 is 0. The lowest BCUT2D eigenvalue weighted by Crippen LogP contribution is -2.49. The van der Waals surface area contributed by atoms with Gasteiger partial charge in [0.25, 0.3) is 0 Å². The van der Waals surface area contributed by atoms with E-state index in [9.17, 15) is 9.59 Å². The van der Waals surface area contributed by atoms with Crippen LogP contribution in [0.15, 0.2) is 0 Å². The molecule has 1 saturated heterocycles. The quantitative estimate of drug-likeness (QED) is 0.733. The Bertz CT molecular complexity index is 396. The van der Waals surface area contributed by atoms with Crippen molar-refractivity contribution in [3.05, 3.63) is 0 Å². The summed E-state index contributed by atoms with van der Waals surface area (Å²) in [6.45, 7) is 2.31. The van der Waals surface area contributed by atoms with Crippen molar-refractivity contribution in [1.29, 1.82) is 0 Å². The summed E-state index contributed by atoms with van der Waals surface area (Å²) in [5, 5.41) is 8.79. The van der Waals surface area contributed by atoms with Gasteiger partial charge in [-0.15, -0.1) is 0 Å². The summed E-state index contributed by atoms with van der Waals surface area (Å²) < 4.78 is 5.67. The third kappa shape index (κ3) is 6.47. The summed E-state index contributed by atoms with van der Waals surface area (Å²) in [5.41, 5.74) is 0. The molecule has 1 N–H and O–H groups in total. The smallest absolute Gasteiger partial charge is 0.317 e. The predicted molar refractivity (Wildman–Crippen MR) is 87.3 cm³/mol. The molecule has 1 saturated carbocycles. The third-order valence-corrected chi connectivity index (χ3v) is 4.89. The first-order valence-corrected chi connectivity index (χ1v) is 8.84. The number of morpholine rings is 1. The van der Waals surface area contributed by atoms with Crippen molar-refractivity contribution < 1.29 is 19.4 Å². The highest BCUT2D eigenvalue weighted by Gasteiger charge is 2.25. The van der Waals surface area contributed by atoms with E-state index in [1.54, 1.807) is 11.9 Å². The molecule has 0 spiro atoms. The molecule has 2 rings (SSSR count). The zero-order valence-corrected chi connectivity index (χ0v) is 14.2. The van der Waals surface area contributed by atoms with E-state index in [0.717, 1.165) is 12.3 Å². The molecule has 23 heavy (non-hydrogen) atoms. The van der Waals surface area contributed by atoms with Gasteiger partial charge < -0.3 is 14.7 Å². The van der Waals surface area contributed by atoms with E-state index in [4.69, 9.17) is 9.84 Å². The standard InChI is InChI=1S/C17H30N2O4/c1-18(13-17(21)22)11-15-12-19(9-10-23-15)16(20)8-4-7-14-5-2-3-6-14/h14-15H,2-13H2,1H3,(H,21,22). The van der Waals surface area contributed by atoms with Crippen LogP contribution >= 0.6 is 0 Å². The van der Waals surface area contributed by atoms with Crippen molar-refractivity contribution in [3.8, 4) is 0 Å². The lowest BCUT2D eigenvalue weighted by Gasteiger charge is -2.34. The maximum Gasteiger partial charge on any atom is 0.317 e. The number of hydrogen-bond donors (Lipinski definition) is 1. The van der Waals surface area contributed by atoms with Crippen LogP contribution in [0.4, 0.5) is 0 Å². The molecule has 0 radical (unpaired) electrons. The van der Waals surface area contributed by atoms with Crippen molar-refractivity contribution in [2.75, 3.05) is 39.8 Å². The number of hydrogen-bond acceptors (Lipinski definition) is 4. The summed E-state index contributed by atoms with van der Waals surface area (Å²) in [4.78, 5) is 26.7. The topological polar surface area (TPSA) is 70.1 Å². The Kier molecular flexibility index (Phi) is 7.30. The molecule has 0 aromatic heterocycles. The van der Waals surface area contributed by atoms with Crippen LogP contribution in [0.25, 0.3) is 0 Å². The Balaban J connectivity index is 1.67. The number of likely N-dealkylation sites (N-methyl/N-ethyl adjacent to an activating group) is 1. The molecule has 0 aromatic carbocycles. The van der Waals surface area contributed by atoms with Crippen LogP contribution in [0.1, 0.15) is 44.9 Å². The Morgan fingerprint density at radius 2 is 2.04 bits per heavy atom. The van der Waals surface area contributed by atoms with Gasteiger partial charge in [0.2, 0.25) is 5.91 Å². The zero-order chi connectivity index (χ0) is 16.7. The van der Waals surface area contributed by atoms with Crippen LogP contribution in [0.3, 0.4) is 0 Å². The first-order valence-electron chi connectivity index (χ1n) is 8.84. The first kappa shape index (κ1) is 18.2. The number of carboxylic acids is 1. The van der Waals surface area contributed by atoms with Crippen molar-refractivity contribution in [2.45, 2.75) is 51.0 Å². The van der Waals surface area contributed by atoms with Gasteiger partial charge in [-0.05, 0) is 25.8 Å². The second kappa shape index (κ2) is 9.23. The molecule has 1 heterocycles. The molecule has 132 valence electrons. The molecule has 1 amide bonds. The minimum atomic E-state index is -0.844. The molecule has 1 atom stereocenters. The molecule has 6 nitrogen and oxygen atoms in total. The molecular weight excluding hydrogens is 296 g/mol. The molecule has 1 aliphatic carbocycles. The predicted octanol–water partition coefficient (Wildman–Crippen LogP) is 1.59. The number of nitrogens with zero attached hydrogens (tertiary/aromatic N) is 2. The van der Waals surface area contributed by atoms with E-state index < -0.39 is 5.97 Å². The normalized spacial score (nSPS) is 22.7. The first-order chi connectivity index (χ1) is 11.0. The Morgan fingerprint density at radius 3 is 2.74 bits per heavy atom. The van der Waals surface area contributed by atoms with Crippen molar-refractivity contribution in [3.63, 3.8) is 0 Å². The van der Waals surface area contributed by atoms with Gasteiger partial charge in [-0.2, -0.15) is 0 Å². The van der Waals surface area contributed by atoms with Gasteiger partial charge in [-0.3, -0.25) is 14.5 Å². The van der Waals surface area contributed by atoms with Gasteiger partial charge in [0, 0.05) is 26.1 Å². The number of amides is 1. The fraction of sp³-hybridized carbons (Fsp3) is 0.882. The molecule has 6 heteroatoms. The molecule has 0 bridgehead atoms. The second-order valence-corrected chi connectivity index (χ2v) is 6.97. The van der Waals surface area contributed by atoms with Gasteiger partial charge in [0.05, 0.1) is 19.3 Å². The van der Waals surface area contributed by atoms with Gasteiger partial charge in [0.1, 0.15) is 0 Å². The Morgan fingerprint density at radius 1 is 1.30 bits per heavy atom. The highest BCUT2D eigenvalue weighted by molar-refractivity contribution is 5.76. The zero-order valence-electron chi connectivity index (χ0n) is 14.2. The second-order valence-electron chi connectivity index (χ2n) is 6.97. The van der Waals surface area contributed by atoms with Gasteiger partial charge in [0.15, 0.2) is 0 Å². The van der Waals surface area contributed by atoms with Crippen LogP contribution in [0.2, 0.25) is 0 Å². The third-order valence-electron chi connectivity index (χ3n) is 4.89. The van der Waals surface area contributed by atoms with Crippen molar-refractivity contribution in [1.82, 2.24) is 9.80 Å². The average Bonchev–Trinajstić information content (AvgIpc) is 2.99. The molecule has 2 aliphatic rings. The van der Waals surface area contributed by atoms with Crippen LogP contribution in [-0.2, 0) is 14.3 Å². The van der Waals surface area contributed by atoms with Gasteiger partial charge in [-0.1, -0.05) is 25.7 Å². The largest absolute Gasteiger partial charge is 0.480 e. The fourth-order valence-corrected chi connectivity index (χ4v) is 3.70. The summed E-state index contributed by atoms with van der Waals surface area (Å²) in [7, 11) is 1.76. The molecule has 0 aromatic rings. The number of carbonyl (C=O) groups is 2. The van der Waals surface area contributed by atoms with Crippen LogP contribution < -0.4 is 0 Å². The number of aliphatic carboxylic acids is 1. The number of carbonyl (C=O) groups excluding carboxylic acids is 1. The summed E-state index contributed by atoms with van der Waals surface area (Å²) in [5.74, 6) is 0.213. The fourth-order valence-electron chi connectivity index (χ4n) is 3.70. The maximum atomic E-state index is 12.3. The highest BCUT2D eigenvalue weighted by atomic mass is 16.5. The van der Waals surface area contributed by atoms with E-state index in [2.05, 4.69) is 0 Å². The van der Waals surface area contributed by atoms with E-state index in [1.807, 2.05) is 4.90 Å². The van der Waals surface area contributed by atoms with E-state index >= 15 is 0 Å². The minimum Gasteiger partial charge on any atom is -0.480 e. The number of rotatable bonds is 8. The lowest BCUT2D eigenvalue weighted by atomic mass is 10.0. The SMILES string of the molecule is CN(CC(=O)O)CC1CN(C(=O)CCCC2CCCC2)CCO1. The molecular formula is C17H30N2O4. The Hall–Kier alpha value is -1.14. The number of ether oxygens (including phenoxy) is 1. The average molecular weight is 326 g/mol. The van der Waals surface area contributed by atoms with Crippen molar-refractivity contribution >= 4 is 11.9 Å². The van der Waals surface area contributed by atoms with Crippen LogP contribution in [-0.4, -0.2) is 72.7 Å². The van der Waals surface area contributed by atoms with E-state index in [-0.39, 0.29) is 18.6 Å². The molecule has 1 aliphatic heterocycles. The number of carboxylic acid groups (broad SMARTS) is 1.